The highest BCUT2D eigenvalue weighted by Gasteiger charge is 2.31. The first kappa shape index (κ1) is 9.87. The molecule has 0 atom stereocenters. The summed E-state index contributed by atoms with van der Waals surface area (Å²) >= 11 is 0. The molecule has 10 heavy (non-hydrogen) atoms. The van der Waals surface area contributed by atoms with Crippen LogP contribution >= 0.6 is 0 Å². The van der Waals surface area contributed by atoms with Gasteiger partial charge < -0.3 is 0 Å². The molecular formula is C5H14NO3S+. The van der Waals surface area contributed by atoms with Gasteiger partial charge in [0.1, 0.15) is 0 Å². The maximum Gasteiger partial charge on any atom is 0.432 e. The van der Waals surface area contributed by atoms with Crippen molar-refractivity contribution in [2.45, 2.75) is 13.8 Å². The Hall–Kier alpha value is -0.130. The standard InChI is InChI=1S/C5H13NO3S/c1-4-6(3,5-2)10(7,8)9/h4-5H2,1-3H3/p+1. The molecule has 4 nitrogen and oxygen atoms in total. The zero-order chi connectivity index (χ0) is 8.41. The number of quaternary nitrogens is 1. The van der Waals surface area contributed by atoms with Crippen molar-refractivity contribution in [1.29, 1.82) is 0 Å². The second kappa shape index (κ2) is 2.86. The third kappa shape index (κ3) is 1.68. The van der Waals surface area contributed by atoms with Gasteiger partial charge in [-0.1, -0.05) is 0 Å². The Morgan fingerprint density at radius 2 is 1.60 bits per heavy atom. The second-order valence-electron chi connectivity index (χ2n) is 2.38. The molecule has 0 fully saturated rings. The van der Waals surface area contributed by atoms with Crippen molar-refractivity contribution in [2.75, 3.05) is 20.1 Å². The summed E-state index contributed by atoms with van der Waals surface area (Å²) in [6.45, 7) is 4.21. The third-order valence-electron chi connectivity index (χ3n) is 1.89. The van der Waals surface area contributed by atoms with Crippen molar-refractivity contribution in [3.8, 4) is 0 Å². The van der Waals surface area contributed by atoms with Crippen LogP contribution in [-0.4, -0.2) is 37.0 Å². The number of hydrogen-bond acceptors (Lipinski definition) is 2. The maximum absolute atomic E-state index is 10.6. The first-order valence-electron chi connectivity index (χ1n) is 3.19. The fraction of sp³-hybridized carbons (Fsp3) is 1.00. The van der Waals surface area contributed by atoms with E-state index in [1.165, 1.54) is 7.05 Å². The van der Waals surface area contributed by atoms with E-state index in [-0.39, 0.29) is 3.89 Å². The summed E-state index contributed by atoms with van der Waals surface area (Å²) in [5.74, 6) is 0. The molecule has 0 aliphatic heterocycles. The van der Waals surface area contributed by atoms with Crippen molar-refractivity contribution in [2.24, 2.45) is 0 Å². The number of rotatable bonds is 3. The fourth-order valence-corrected chi connectivity index (χ4v) is 1.20. The lowest BCUT2D eigenvalue weighted by molar-refractivity contribution is -0.785. The molecule has 0 radical (unpaired) electrons. The van der Waals surface area contributed by atoms with Crippen LogP contribution in [0.5, 0.6) is 0 Å². The normalized spacial score (nSPS) is 13.6. The van der Waals surface area contributed by atoms with E-state index in [1.807, 2.05) is 0 Å². The molecular weight excluding hydrogens is 154 g/mol. The number of hydrogen-bond donors (Lipinski definition) is 1. The molecule has 0 rings (SSSR count). The van der Waals surface area contributed by atoms with Gasteiger partial charge in [-0.05, 0) is 13.8 Å². The summed E-state index contributed by atoms with van der Waals surface area (Å²) in [7, 11) is -2.45. The maximum atomic E-state index is 10.6. The van der Waals surface area contributed by atoms with E-state index < -0.39 is 10.3 Å². The molecule has 0 unspecified atom stereocenters. The van der Waals surface area contributed by atoms with Gasteiger partial charge in [0.15, 0.2) is 0 Å². The average molecular weight is 168 g/mol. The van der Waals surface area contributed by atoms with Gasteiger partial charge in [-0.25, -0.2) is 4.55 Å². The topological polar surface area (TPSA) is 54.4 Å². The van der Waals surface area contributed by atoms with Crippen molar-refractivity contribution in [1.82, 2.24) is 0 Å². The molecule has 5 heteroatoms. The summed E-state index contributed by atoms with van der Waals surface area (Å²) in [5.41, 5.74) is 0. The minimum Gasteiger partial charge on any atom is -0.241 e. The van der Waals surface area contributed by atoms with E-state index in [1.54, 1.807) is 13.8 Å². The molecule has 0 spiro atoms. The summed E-state index contributed by atoms with van der Waals surface area (Å²) < 4.78 is 29.7. The minimum absolute atomic E-state index is 0.312. The Labute approximate surface area is 61.9 Å². The van der Waals surface area contributed by atoms with Crippen LogP contribution in [0.1, 0.15) is 13.8 Å². The Balaban J connectivity index is 4.68. The summed E-state index contributed by atoms with van der Waals surface area (Å²) in [4.78, 5) is 0. The van der Waals surface area contributed by atoms with Crippen LogP contribution in [0.15, 0.2) is 0 Å². The molecule has 0 aromatic rings. The molecule has 0 heterocycles. The van der Waals surface area contributed by atoms with Gasteiger partial charge in [0.2, 0.25) is 0 Å². The zero-order valence-corrected chi connectivity index (χ0v) is 7.35. The van der Waals surface area contributed by atoms with Crippen molar-refractivity contribution < 1.29 is 16.9 Å². The highest BCUT2D eigenvalue weighted by molar-refractivity contribution is 7.80. The number of nitrogens with zero attached hydrogens (tertiary/aromatic N) is 1. The fourth-order valence-electron chi connectivity index (χ4n) is 0.550. The molecule has 0 aromatic heterocycles. The Morgan fingerprint density at radius 1 is 1.30 bits per heavy atom. The molecule has 0 bridgehead atoms. The van der Waals surface area contributed by atoms with Gasteiger partial charge in [-0.3, -0.25) is 0 Å². The predicted molar refractivity (Wildman–Crippen MR) is 38.8 cm³/mol. The van der Waals surface area contributed by atoms with E-state index >= 15 is 0 Å². The van der Waals surface area contributed by atoms with Crippen LogP contribution in [0.2, 0.25) is 0 Å². The van der Waals surface area contributed by atoms with Crippen LogP contribution in [0.25, 0.3) is 0 Å². The van der Waals surface area contributed by atoms with E-state index in [2.05, 4.69) is 0 Å². The first-order chi connectivity index (χ1) is 4.37. The monoisotopic (exact) mass is 168 g/mol. The molecule has 0 saturated heterocycles. The van der Waals surface area contributed by atoms with Crippen LogP contribution < -0.4 is 0 Å². The molecule has 0 aromatic carbocycles. The zero-order valence-electron chi connectivity index (χ0n) is 6.53. The molecule has 0 aliphatic carbocycles. The molecule has 0 aliphatic rings. The lowest BCUT2D eigenvalue weighted by Gasteiger charge is -2.26. The van der Waals surface area contributed by atoms with E-state index in [4.69, 9.17) is 4.55 Å². The van der Waals surface area contributed by atoms with Crippen molar-refractivity contribution in [3.05, 3.63) is 0 Å². The van der Waals surface area contributed by atoms with Crippen LogP contribution in [0, 0.1) is 0 Å². The smallest absolute Gasteiger partial charge is 0.241 e. The lowest BCUT2D eigenvalue weighted by atomic mass is 10.6. The average Bonchev–Trinajstić information content (AvgIpc) is 1.84. The summed E-state index contributed by atoms with van der Waals surface area (Å²) in [6.07, 6.45) is 0. The Bertz CT molecular complexity index is 193. The van der Waals surface area contributed by atoms with Crippen molar-refractivity contribution >= 4 is 10.3 Å². The van der Waals surface area contributed by atoms with Gasteiger partial charge >= 0.3 is 10.3 Å². The van der Waals surface area contributed by atoms with Crippen LogP contribution in [0.4, 0.5) is 0 Å². The van der Waals surface area contributed by atoms with Gasteiger partial charge in [-0.15, -0.1) is 8.42 Å². The molecule has 62 valence electrons. The van der Waals surface area contributed by atoms with E-state index in [0.717, 1.165) is 0 Å². The molecule has 0 amide bonds. The molecule has 0 saturated carbocycles. The summed E-state index contributed by atoms with van der Waals surface area (Å²) in [5, 5.41) is 0. The van der Waals surface area contributed by atoms with Gasteiger partial charge in [0, 0.05) is 0 Å². The minimum atomic E-state index is -3.93. The highest BCUT2D eigenvalue weighted by Crippen LogP contribution is 2.07. The van der Waals surface area contributed by atoms with Crippen LogP contribution in [-0.2, 0) is 10.3 Å². The third-order valence-corrected chi connectivity index (χ3v) is 3.53. The lowest BCUT2D eigenvalue weighted by Crippen LogP contribution is -2.48. The SMILES string of the molecule is CC[N+](C)(CC)S(=O)(=O)O. The second-order valence-corrected chi connectivity index (χ2v) is 4.15. The first-order valence-corrected chi connectivity index (χ1v) is 4.59. The predicted octanol–water partition coefficient (Wildman–Crippen LogP) is 0.276. The van der Waals surface area contributed by atoms with E-state index in [9.17, 15) is 8.42 Å². The molecule has 1 N–H and O–H groups in total. The quantitative estimate of drug-likeness (QED) is 0.486. The van der Waals surface area contributed by atoms with Gasteiger partial charge in [-0.2, -0.15) is 3.89 Å². The van der Waals surface area contributed by atoms with Gasteiger partial charge in [0.05, 0.1) is 20.1 Å². The van der Waals surface area contributed by atoms with E-state index in [0.29, 0.717) is 13.1 Å². The van der Waals surface area contributed by atoms with Crippen molar-refractivity contribution in [3.63, 3.8) is 0 Å². The largest absolute Gasteiger partial charge is 0.432 e. The Morgan fingerprint density at radius 3 is 1.60 bits per heavy atom. The summed E-state index contributed by atoms with van der Waals surface area (Å²) in [6, 6.07) is 0. The highest BCUT2D eigenvalue weighted by atomic mass is 32.2. The van der Waals surface area contributed by atoms with Crippen LogP contribution in [0.3, 0.4) is 0 Å². The van der Waals surface area contributed by atoms with Gasteiger partial charge in [0.25, 0.3) is 0 Å². The Kier molecular flexibility index (Phi) is 2.82.